The fourth-order valence-corrected chi connectivity index (χ4v) is 1.88. The van der Waals surface area contributed by atoms with E-state index in [1.807, 2.05) is 0 Å². The fourth-order valence-electron chi connectivity index (χ4n) is 1.88. The fraction of sp³-hybridized carbons (Fsp3) is 0.357. The molecule has 0 aliphatic heterocycles. The molecule has 1 atom stereocenters. The third-order valence-corrected chi connectivity index (χ3v) is 3.10. The van der Waals surface area contributed by atoms with Crippen molar-refractivity contribution in [3.8, 4) is 0 Å². The van der Waals surface area contributed by atoms with Gasteiger partial charge < -0.3 is 10.1 Å². The van der Waals surface area contributed by atoms with E-state index >= 15 is 0 Å². The van der Waals surface area contributed by atoms with Crippen molar-refractivity contribution in [3.63, 3.8) is 0 Å². The SMILES string of the molecule is C=C(C)C(CCC(C)=O)Nc1ccc([N+](=O)[O-])cc1[N+](=O)[O-]. The van der Waals surface area contributed by atoms with Crippen LogP contribution in [0.15, 0.2) is 30.4 Å². The Hall–Kier alpha value is -2.77. The van der Waals surface area contributed by atoms with E-state index in [9.17, 15) is 25.0 Å². The van der Waals surface area contributed by atoms with Crippen LogP contribution in [-0.2, 0) is 4.79 Å². The number of nitrogens with one attached hydrogen (secondary N) is 1. The smallest absolute Gasteiger partial charge is 0.299 e. The summed E-state index contributed by atoms with van der Waals surface area (Å²) in [6.07, 6.45) is 0.754. The highest BCUT2D eigenvalue weighted by Crippen LogP contribution is 2.30. The van der Waals surface area contributed by atoms with Gasteiger partial charge in [-0.1, -0.05) is 12.2 Å². The van der Waals surface area contributed by atoms with E-state index in [4.69, 9.17) is 0 Å². The summed E-state index contributed by atoms with van der Waals surface area (Å²) >= 11 is 0. The van der Waals surface area contributed by atoms with Crippen LogP contribution in [-0.4, -0.2) is 21.7 Å². The number of non-ortho nitro benzene ring substituents is 1. The molecule has 0 radical (unpaired) electrons. The number of Topliss-reactive ketones (excluding diaryl/α,β-unsaturated/α-hetero) is 1. The number of nitrogens with zero attached hydrogens (tertiary/aromatic N) is 2. The van der Waals surface area contributed by atoms with Gasteiger partial charge >= 0.3 is 0 Å². The summed E-state index contributed by atoms with van der Waals surface area (Å²) in [4.78, 5) is 31.5. The van der Waals surface area contributed by atoms with Crippen LogP contribution in [0.4, 0.5) is 17.1 Å². The summed E-state index contributed by atoms with van der Waals surface area (Å²) in [6.45, 7) is 7.01. The molecule has 0 saturated carbocycles. The minimum absolute atomic E-state index is 0.00579. The standard InChI is InChI=1S/C14H17N3O5/c1-9(2)12(6-4-10(3)18)15-13-7-5-11(16(19)20)8-14(13)17(21)22/h5,7-8,12,15H,1,4,6H2,2-3H3. The lowest BCUT2D eigenvalue weighted by molar-refractivity contribution is -0.393. The van der Waals surface area contributed by atoms with Gasteiger partial charge in [-0.2, -0.15) is 0 Å². The molecule has 8 nitrogen and oxygen atoms in total. The van der Waals surface area contributed by atoms with E-state index in [1.165, 1.54) is 19.1 Å². The lowest BCUT2D eigenvalue weighted by Crippen LogP contribution is -2.22. The highest BCUT2D eigenvalue weighted by atomic mass is 16.6. The van der Waals surface area contributed by atoms with E-state index in [2.05, 4.69) is 11.9 Å². The van der Waals surface area contributed by atoms with Crippen molar-refractivity contribution < 1.29 is 14.6 Å². The molecule has 0 heterocycles. The highest BCUT2D eigenvalue weighted by Gasteiger charge is 2.21. The maximum Gasteiger partial charge on any atom is 0.299 e. The van der Waals surface area contributed by atoms with Crippen LogP contribution in [0.1, 0.15) is 26.7 Å². The van der Waals surface area contributed by atoms with Gasteiger partial charge in [-0.25, -0.2) is 0 Å². The predicted octanol–water partition coefficient (Wildman–Crippen LogP) is 3.23. The van der Waals surface area contributed by atoms with Crippen molar-refractivity contribution >= 4 is 22.8 Å². The van der Waals surface area contributed by atoms with Crippen LogP contribution in [0.3, 0.4) is 0 Å². The number of carbonyl (C=O) groups is 1. The van der Waals surface area contributed by atoms with Gasteiger partial charge in [-0.3, -0.25) is 20.2 Å². The van der Waals surface area contributed by atoms with Gasteiger partial charge in [0.1, 0.15) is 11.5 Å². The van der Waals surface area contributed by atoms with Crippen LogP contribution in [0.25, 0.3) is 0 Å². The van der Waals surface area contributed by atoms with Crippen LogP contribution in [0, 0.1) is 20.2 Å². The van der Waals surface area contributed by atoms with Gasteiger partial charge in [0.25, 0.3) is 11.4 Å². The molecule has 1 aromatic rings. The van der Waals surface area contributed by atoms with Gasteiger partial charge in [0, 0.05) is 18.5 Å². The maximum atomic E-state index is 11.1. The van der Waals surface area contributed by atoms with Gasteiger partial charge in [0.15, 0.2) is 0 Å². The number of hydrogen-bond donors (Lipinski definition) is 1. The summed E-state index contributed by atoms with van der Waals surface area (Å²) in [5, 5.41) is 24.7. The molecule has 0 aliphatic carbocycles. The zero-order chi connectivity index (χ0) is 16.9. The van der Waals surface area contributed by atoms with Crippen molar-refractivity contribution in [1.29, 1.82) is 0 Å². The molecule has 118 valence electrons. The minimum Gasteiger partial charge on any atom is -0.373 e. The Morgan fingerprint density at radius 2 is 1.91 bits per heavy atom. The third-order valence-electron chi connectivity index (χ3n) is 3.10. The first kappa shape index (κ1) is 17.3. The molecule has 22 heavy (non-hydrogen) atoms. The second kappa shape index (κ2) is 7.30. The Bertz CT molecular complexity index is 627. The molecule has 0 saturated heterocycles. The Balaban J connectivity index is 3.08. The lowest BCUT2D eigenvalue weighted by atomic mass is 10.0. The second-order valence-corrected chi connectivity index (χ2v) is 5.00. The number of rotatable bonds is 8. The first-order valence-corrected chi connectivity index (χ1v) is 6.56. The third kappa shape index (κ3) is 4.65. The van der Waals surface area contributed by atoms with Crippen LogP contribution in [0.5, 0.6) is 0 Å². The first-order valence-electron chi connectivity index (χ1n) is 6.56. The van der Waals surface area contributed by atoms with Gasteiger partial charge in [-0.15, -0.1) is 0 Å². The quantitative estimate of drug-likeness (QED) is 0.448. The van der Waals surface area contributed by atoms with Gasteiger partial charge in [-0.05, 0) is 26.3 Å². The van der Waals surface area contributed by atoms with Crippen molar-refractivity contribution in [2.45, 2.75) is 32.7 Å². The average molecular weight is 307 g/mol. The Kier molecular flexibility index (Phi) is 5.73. The summed E-state index contributed by atoms with van der Waals surface area (Å²) in [5.74, 6) is 0.00579. The predicted molar refractivity (Wildman–Crippen MR) is 81.9 cm³/mol. The van der Waals surface area contributed by atoms with Crippen LogP contribution >= 0.6 is 0 Å². The van der Waals surface area contributed by atoms with Gasteiger partial charge in [0.05, 0.1) is 15.9 Å². The number of ketones is 1. The van der Waals surface area contributed by atoms with Crippen molar-refractivity contribution in [1.82, 2.24) is 0 Å². The number of hydrogen-bond acceptors (Lipinski definition) is 6. The zero-order valence-electron chi connectivity index (χ0n) is 12.4. The molecule has 0 amide bonds. The number of nitro benzene ring substituents is 2. The molecular weight excluding hydrogens is 290 g/mol. The molecule has 0 aliphatic rings. The highest BCUT2D eigenvalue weighted by molar-refractivity contribution is 5.75. The molecule has 1 aromatic carbocycles. The summed E-state index contributed by atoms with van der Waals surface area (Å²) < 4.78 is 0. The molecule has 0 bridgehead atoms. The van der Waals surface area contributed by atoms with E-state index < -0.39 is 9.85 Å². The van der Waals surface area contributed by atoms with Crippen molar-refractivity contribution in [2.75, 3.05) is 5.32 Å². The van der Waals surface area contributed by atoms with Crippen molar-refractivity contribution in [2.24, 2.45) is 0 Å². The summed E-state index contributed by atoms with van der Waals surface area (Å²) in [7, 11) is 0. The Morgan fingerprint density at radius 1 is 1.27 bits per heavy atom. The first-order chi connectivity index (χ1) is 10.2. The Morgan fingerprint density at radius 3 is 2.36 bits per heavy atom. The molecule has 0 aromatic heterocycles. The number of nitro groups is 2. The molecule has 1 N–H and O–H groups in total. The molecule has 8 heteroatoms. The van der Waals surface area contributed by atoms with E-state index in [0.717, 1.165) is 6.07 Å². The lowest BCUT2D eigenvalue weighted by Gasteiger charge is -2.19. The van der Waals surface area contributed by atoms with E-state index in [0.29, 0.717) is 18.4 Å². The van der Waals surface area contributed by atoms with E-state index in [-0.39, 0.29) is 28.9 Å². The maximum absolute atomic E-state index is 11.1. The monoisotopic (exact) mass is 307 g/mol. The number of benzene rings is 1. The van der Waals surface area contributed by atoms with Crippen LogP contribution in [0.2, 0.25) is 0 Å². The largest absolute Gasteiger partial charge is 0.373 e. The Labute approximate surface area is 127 Å². The summed E-state index contributed by atoms with van der Waals surface area (Å²) in [5.41, 5.74) is 0.136. The molecule has 1 rings (SSSR count). The molecule has 0 fully saturated rings. The number of carbonyl (C=O) groups excluding carboxylic acids is 1. The topological polar surface area (TPSA) is 115 Å². The molecular formula is C14H17N3O5. The normalized spacial score (nSPS) is 11.5. The van der Waals surface area contributed by atoms with Gasteiger partial charge in [0.2, 0.25) is 0 Å². The minimum atomic E-state index is -0.692. The number of anilines is 1. The molecule has 0 spiro atoms. The zero-order valence-corrected chi connectivity index (χ0v) is 12.4. The molecule has 1 unspecified atom stereocenters. The second-order valence-electron chi connectivity index (χ2n) is 5.00. The average Bonchev–Trinajstić information content (AvgIpc) is 2.42. The summed E-state index contributed by atoms with van der Waals surface area (Å²) in [6, 6.07) is 3.06. The van der Waals surface area contributed by atoms with Crippen LogP contribution < -0.4 is 5.32 Å². The van der Waals surface area contributed by atoms with E-state index in [1.54, 1.807) is 6.92 Å². The van der Waals surface area contributed by atoms with Crippen molar-refractivity contribution in [3.05, 3.63) is 50.6 Å².